The van der Waals surface area contributed by atoms with E-state index in [1.54, 1.807) is 13.0 Å². The van der Waals surface area contributed by atoms with E-state index in [0.717, 1.165) is 22.3 Å². The molecule has 3 heteroatoms. The minimum absolute atomic E-state index is 0.426. The largest absolute Gasteiger partial charge is 0.385 e. The van der Waals surface area contributed by atoms with Crippen molar-refractivity contribution >= 4 is 23.2 Å². The minimum Gasteiger partial charge on any atom is -0.385 e. The van der Waals surface area contributed by atoms with Gasteiger partial charge >= 0.3 is 0 Å². The van der Waals surface area contributed by atoms with Gasteiger partial charge in [0.25, 0.3) is 0 Å². The van der Waals surface area contributed by atoms with E-state index >= 15 is 0 Å². The van der Waals surface area contributed by atoms with Crippen LogP contribution in [0, 0.1) is 13.8 Å². The second-order valence-electron chi connectivity index (χ2n) is 5.54. The Labute approximate surface area is 130 Å². The summed E-state index contributed by atoms with van der Waals surface area (Å²) < 4.78 is 0. The molecule has 0 spiro atoms. The molecule has 1 nitrogen and oxygen atoms in total. The third kappa shape index (κ3) is 3.35. The molecule has 0 radical (unpaired) electrons. The minimum atomic E-state index is -0.981. The highest BCUT2D eigenvalue weighted by Gasteiger charge is 2.25. The van der Waals surface area contributed by atoms with E-state index in [9.17, 15) is 5.11 Å². The second kappa shape index (κ2) is 5.77. The number of rotatable bonds is 3. The van der Waals surface area contributed by atoms with E-state index in [2.05, 4.69) is 6.07 Å². The first-order chi connectivity index (χ1) is 9.29. The lowest BCUT2D eigenvalue weighted by atomic mass is 9.87. The van der Waals surface area contributed by atoms with Crippen molar-refractivity contribution in [3.63, 3.8) is 0 Å². The average molecular weight is 309 g/mol. The van der Waals surface area contributed by atoms with Crippen molar-refractivity contribution in [2.75, 3.05) is 0 Å². The molecule has 2 rings (SSSR count). The molecule has 0 heterocycles. The third-order valence-corrected chi connectivity index (χ3v) is 4.27. The Morgan fingerprint density at radius 1 is 1.05 bits per heavy atom. The molecule has 0 aliphatic carbocycles. The number of hydrogen-bond acceptors (Lipinski definition) is 1. The standard InChI is InChI=1S/C17H18Cl2O/c1-11-7-12(2)9-14(8-11)17(3,20)10-13-5-4-6-15(18)16(13)19/h4-9,20H,10H2,1-3H3. The zero-order valence-corrected chi connectivity index (χ0v) is 13.4. The fraction of sp³-hybridized carbons (Fsp3) is 0.294. The summed E-state index contributed by atoms with van der Waals surface area (Å²) in [6.45, 7) is 5.86. The fourth-order valence-electron chi connectivity index (χ4n) is 2.44. The lowest BCUT2D eigenvalue weighted by Gasteiger charge is -2.25. The lowest BCUT2D eigenvalue weighted by molar-refractivity contribution is 0.0575. The van der Waals surface area contributed by atoms with Crippen molar-refractivity contribution in [1.82, 2.24) is 0 Å². The molecule has 0 aliphatic heterocycles. The Bertz CT molecular complexity index is 613. The second-order valence-corrected chi connectivity index (χ2v) is 6.33. The van der Waals surface area contributed by atoms with E-state index in [0.29, 0.717) is 16.5 Å². The molecule has 2 aromatic rings. The van der Waals surface area contributed by atoms with Crippen LogP contribution in [-0.2, 0) is 12.0 Å². The summed E-state index contributed by atoms with van der Waals surface area (Å²) in [6, 6.07) is 11.6. The topological polar surface area (TPSA) is 20.2 Å². The highest BCUT2D eigenvalue weighted by atomic mass is 35.5. The van der Waals surface area contributed by atoms with Crippen LogP contribution in [-0.4, -0.2) is 5.11 Å². The molecule has 2 aromatic carbocycles. The maximum absolute atomic E-state index is 10.8. The van der Waals surface area contributed by atoms with Gasteiger partial charge in [-0.2, -0.15) is 0 Å². The SMILES string of the molecule is Cc1cc(C)cc(C(C)(O)Cc2cccc(Cl)c2Cl)c1. The molecule has 1 N–H and O–H groups in total. The Hall–Kier alpha value is -1.02. The predicted molar refractivity (Wildman–Crippen MR) is 85.7 cm³/mol. The summed E-state index contributed by atoms with van der Waals surface area (Å²) in [7, 11) is 0. The number of aryl methyl sites for hydroxylation is 2. The number of hydrogen-bond donors (Lipinski definition) is 1. The highest BCUT2D eigenvalue weighted by molar-refractivity contribution is 6.42. The van der Waals surface area contributed by atoms with Gasteiger partial charge in [0.2, 0.25) is 0 Å². The molecule has 1 atom stereocenters. The van der Waals surface area contributed by atoms with Gasteiger partial charge in [0.1, 0.15) is 0 Å². The summed E-state index contributed by atoms with van der Waals surface area (Å²) in [6.07, 6.45) is 0.426. The van der Waals surface area contributed by atoms with Gasteiger partial charge in [-0.05, 0) is 38.0 Å². The molecule has 0 aromatic heterocycles. The van der Waals surface area contributed by atoms with Crippen LogP contribution in [0.4, 0.5) is 0 Å². The number of aliphatic hydroxyl groups is 1. The molecule has 0 amide bonds. The van der Waals surface area contributed by atoms with Gasteiger partial charge in [0.15, 0.2) is 0 Å². The summed E-state index contributed by atoms with van der Waals surface area (Å²) >= 11 is 12.2. The van der Waals surface area contributed by atoms with Crippen LogP contribution in [0.3, 0.4) is 0 Å². The molecule has 1 unspecified atom stereocenters. The predicted octanol–water partition coefficient (Wildman–Crippen LogP) is 5.06. The highest BCUT2D eigenvalue weighted by Crippen LogP contribution is 2.32. The Morgan fingerprint density at radius 2 is 1.65 bits per heavy atom. The number of benzene rings is 2. The van der Waals surface area contributed by atoms with Gasteiger partial charge in [-0.3, -0.25) is 0 Å². The van der Waals surface area contributed by atoms with E-state index in [4.69, 9.17) is 23.2 Å². The van der Waals surface area contributed by atoms with E-state index < -0.39 is 5.60 Å². The Balaban J connectivity index is 2.37. The Kier molecular flexibility index (Phi) is 4.43. The average Bonchev–Trinajstić information content (AvgIpc) is 2.33. The summed E-state index contributed by atoms with van der Waals surface area (Å²) in [5.41, 5.74) is 3.04. The van der Waals surface area contributed by atoms with E-state index in [1.807, 2.05) is 38.1 Å². The smallest absolute Gasteiger partial charge is 0.0909 e. The molecule has 0 aliphatic rings. The molecular formula is C17H18Cl2O. The normalized spacial score (nSPS) is 14.1. The van der Waals surface area contributed by atoms with Crippen molar-refractivity contribution in [2.45, 2.75) is 32.8 Å². The van der Waals surface area contributed by atoms with Crippen LogP contribution in [0.25, 0.3) is 0 Å². The maximum Gasteiger partial charge on any atom is 0.0909 e. The van der Waals surface area contributed by atoms with E-state index in [1.165, 1.54) is 0 Å². The zero-order valence-electron chi connectivity index (χ0n) is 11.9. The monoisotopic (exact) mass is 308 g/mol. The molecule has 0 saturated carbocycles. The Morgan fingerprint density at radius 3 is 2.25 bits per heavy atom. The van der Waals surface area contributed by atoms with Crippen LogP contribution in [0.5, 0.6) is 0 Å². The molecular weight excluding hydrogens is 291 g/mol. The first-order valence-electron chi connectivity index (χ1n) is 6.53. The van der Waals surface area contributed by atoms with Crippen molar-refractivity contribution < 1.29 is 5.11 Å². The van der Waals surface area contributed by atoms with Crippen molar-refractivity contribution in [1.29, 1.82) is 0 Å². The molecule has 0 saturated heterocycles. The van der Waals surface area contributed by atoms with Gasteiger partial charge < -0.3 is 5.11 Å². The van der Waals surface area contributed by atoms with Crippen LogP contribution in [0.2, 0.25) is 10.0 Å². The molecule has 106 valence electrons. The molecule has 0 fully saturated rings. The maximum atomic E-state index is 10.8. The van der Waals surface area contributed by atoms with Gasteiger partial charge in [0.05, 0.1) is 15.6 Å². The molecule has 20 heavy (non-hydrogen) atoms. The quantitative estimate of drug-likeness (QED) is 0.840. The summed E-state index contributed by atoms with van der Waals surface area (Å²) in [5, 5.41) is 11.8. The lowest BCUT2D eigenvalue weighted by Crippen LogP contribution is -2.24. The number of halogens is 2. The first kappa shape index (κ1) is 15.4. The zero-order chi connectivity index (χ0) is 14.9. The van der Waals surface area contributed by atoms with Crippen LogP contribution < -0.4 is 0 Å². The van der Waals surface area contributed by atoms with Crippen molar-refractivity contribution in [3.05, 3.63) is 68.7 Å². The van der Waals surface area contributed by atoms with Gasteiger partial charge in [-0.15, -0.1) is 0 Å². The van der Waals surface area contributed by atoms with Crippen LogP contribution in [0.15, 0.2) is 36.4 Å². The van der Waals surface area contributed by atoms with E-state index in [-0.39, 0.29) is 0 Å². The van der Waals surface area contributed by atoms with Crippen LogP contribution >= 0.6 is 23.2 Å². The van der Waals surface area contributed by atoms with Crippen LogP contribution in [0.1, 0.15) is 29.2 Å². The summed E-state index contributed by atoms with van der Waals surface area (Å²) in [5.74, 6) is 0. The third-order valence-electron chi connectivity index (χ3n) is 3.41. The first-order valence-corrected chi connectivity index (χ1v) is 7.29. The van der Waals surface area contributed by atoms with Crippen molar-refractivity contribution in [3.8, 4) is 0 Å². The van der Waals surface area contributed by atoms with Gasteiger partial charge in [-0.1, -0.05) is 64.7 Å². The van der Waals surface area contributed by atoms with Gasteiger partial charge in [0, 0.05) is 6.42 Å². The molecule has 0 bridgehead atoms. The fourth-order valence-corrected chi connectivity index (χ4v) is 2.83. The van der Waals surface area contributed by atoms with Crippen molar-refractivity contribution in [2.24, 2.45) is 0 Å². The summed E-state index contributed by atoms with van der Waals surface area (Å²) in [4.78, 5) is 0. The van der Waals surface area contributed by atoms with Gasteiger partial charge in [-0.25, -0.2) is 0 Å².